The number of alkyl halides is 3. The molecule has 3 atom stereocenters. The zero-order valence-corrected chi connectivity index (χ0v) is 18.8. The summed E-state index contributed by atoms with van der Waals surface area (Å²) in [6, 6.07) is 12.3. The molecule has 1 aliphatic heterocycles. The van der Waals surface area contributed by atoms with Gasteiger partial charge in [-0.2, -0.15) is 13.2 Å². The van der Waals surface area contributed by atoms with Crippen LogP contribution in [0.1, 0.15) is 47.0 Å². The molecule has 2 heterocycles. The summed E-state index contributed by atoms with van der Waals surface area (Å²) in [6.45, 7) is 1.94. The van der Waals surface area contributed by atoms with Gasteiger partial charge in [0, 0.05) is 22.9 Å². The Labute approximate surface area is 202 Å². The van der Waals surface area contributed by atoms with E-state index in [1.807, 2.05) is 18.2 Å². The minimum absolute atomic E-state index is 0.119. The number of nitrogens with one attached hydrogen (secondary N) is 1. The molecule has 0 bridgehead atoms. The number of primary amides is 1. The van der Waals surface area contributed by atoms with Crippen LogP contribution in [0, 0.1) is 5.82 Å². The first-order chi connectivity index (χ1) is 16.9. The second-order valence-electron chi connectivity index (χ2n) is 7.86. The third-order valence-electron chi connectivity index (χ3n) is 5.56. The van der Waals surface area contributed by atoms with Gasteiger partial charge in [0.2, 0.25) is 11.7 Å². The minimum Gasteiger partial charge on any atom is -0.475 e. The highest BCUT2D eigenvalue weighted by molar-refractivity contribution is 5.96. The maximum atomic E-state index is 13.3. The molecule has 4 N–H and O–H groups in total. The molecule has 1 aromatic heterocycles. The molecule has 0 saturated carbocycles. The van der Waals surface area contributed by atoms with Gasteiger partial charge >= 0.3 is 18.1 Å². The van der Waals surface area contributed by atoms with Crippen LogP contribution >= 0.6 is 0 Å². The Balaban J connectivity index is 0.000000454. The number of carbonyl (C=O) groups is 3. The van der Waals surface area contributed by atoms with Crippen LogP contribution in [0.25, 0.3) is 11.0 Å². The molecule has 36 heavy (non-hydrogen) atoms. The van der Waals surface area contributed by atoms with Crippen molar-refractivity contribution in [3.8, 4) is 0 Å². The number of hydrogen-bond acceptors (Lipinski definition) is 6. The van der Waals surface area contributed by atoms with Crippen LogP contribution in [0.4, 0.5) is 17.6 Å². The average molecular weight is 510 g/mol. The molecule has 192 valence electrons. The third kappa shape index (κ3) is 5.82. The standard InChI is InChI=1S/C22H21FN2O4.C2HF3O2/c1-2-28-22(27)20-18(14-5-3-4-6-17(14)29-20)16-11-15(19(25-16)21(24)26)12-7-9-13(23)10-8-12;3-2(4,5)1(6)7/h3-10,15-16,19,25H,2,11H2,1H3,(H2,24,26);(H,6,7)/t15-,16?,19-;/m0./s1. The van der Waals surface area contributed by atoms with E-state index < -0.39 is 30.1 Å². The summed E-state index contributed by atoms with van der Waals surface area (Å²) < 4.78 is 56.0. The van der Waals surface area contributed by atoms with Gasteiger partial charge in [-0.1, -0.05) is 30.3 Å². The number of aliphatic carboxylic acids is 1. The van der Waals surface area contributed by atoms with E-state index in [1.165, 1.54) is 12.1 Å². The van der Waals surface area contributed by atoms with E-state index in [9.17, 15) is 27.2 Å². The second kappa shape index (κ2) is 10.8. The number of para-hydroxylation sites is 1. The Morgan fingerprint density at radius 2 is 1.75 bits per heavy atom. The number of furan rings is 1. The van der Waals surface area contributed by atoms with Crippen molar-refractivity contribution in [1.82, 2.24) is 5.32 Å². The van der Waals surface area contributed by atoms with E-state index >= 15 is 0 Å². The van der Waals surface area contributed by atoms with Crippen molar-refractivity contribution in [3.05, 3.63) is 71.2 Å². The van der Waals surface area contributed by atoms with Crippen LogP contribution in [0.2, 0.25) is 0 Å². The zero-order valence-electron chi connectivity index (χ0n) is 18.8. The van der Waals surface area contributed by atoms with Crippen molar-refractivity contribution in [2.45, 2.75) is 37.5 Å². The number of amides is 1. The first kappa shape index (κ1) is 26.7. The molecule has 3 aromatic rings. The van der Waals surface area contributed by atoms with Gasteiger partial charge in [0.25, 0.3) is 0 Å². The third-order valence-corrected chi connectivity index (χ3v) is 5.56. The molecule has 1 saturated heterocycles. The van der Waals surface area contributed by atoms with Crippen molar-refractivity contribution >= 4 is 28.8 Å². The SMILES string of the molecule is CCOC(=O)c1oc2ccccc2c1C1C[C@@H](c2ccc(F)cc2)[C@@H](C(N)=O)N1.O=C(O)C(F)(F)F. The van der Waals surface area contributed by atoms with Gasteiger partial charge in [-0.15, -0.1) is 0 Å². The van der Waals surface area contributed by atoms with Gasteiger partial charge in [-0.05, 0) is 37.1 Å². The predicted molar refractivity (Wildman–Crippen MR) is 118 cm³/mol. The van der Waals surface area contributed by atoms with Gasteiger partial charge in [0.1, 0.15) is 11.4 Å². The van der Waals surface area contributed by atoms with Crippen LogP contribution < -0.4 is 11.1 Å². The number of carbonyl (C=O) groups excluding carboxylic acids is 2. The van der Waals surface area contributed by atoms with Crippen LogP contribution in [-0.4, -0.2) is 41.8 Å². The number of benzene rings is 2. The summed E-state index contributed by atoms with van der Waals surface area (Å²) in [5, 5.41) is 11.1. The fraction of sp³-hybridized carbons (Fsp3) is 0.292. The van der Waals surface area contributed by atoms with Crippen molar-refractivity contribution in [3.63, 3.8) is 0 Å². The fourth-order valence-electron chi connectivity index (χ4n) is 4.07. The molecule has 1 amide bonds. The molecule has 0 aliphatic carbocycles. The summed E-state index contributed by atoms with van der Waals surface area (Å²) in [7, 11) is 0. The number of fused-ring (bicyclic) bond motifs is 1. The number of carboxylic acid groups (broad SMARTS) is 1. The summed E-state index contributed by atoms with van der Waals surface area (Å²) in [5.41, 5.74) is 7.65. The highest BCUT2D eigenvalue weighted by Gasteiger charge is 2.42. The number of halogens is 4. The van der Waals surface area contributed by atoms with E-state index in [-0.39, 0.29) is 30.1 Å². The van der Waals surface area contributed by atoms with Crippen molar-refractivity contribution < 1.29 is 46.2 Å². The van der Waals surface area contributed by atoms with Gasteiger partial charge in [0.05, 0.1) is 12.6 Å². The summed E-state index contributed by atoms with van der Waals surface area (Å²) >= 11 is 0. The summed E-state index contributed by atoms with van der Waals surface area (Å²) in [4.78, 5) is 33.5. The molecule has 0 radical (unpaired) electrons. The lowest BCUT2D eigenvalue weighted by molar-refractivity contribution is -0.192. The number of carboxylic acids is 1. The Kier molecular flexibility index (Phi) is 7.98. The fourth-order valence-corrected chi connectivity index (χ4v) is 4.07. The Morgan fingerprint density at radius 1 is 1.14 bits per heavy atom. The molecule has 4 rings (SSSR count). The Hall–Kier alpha value is -3.93. The van der Waals surface area contributed by atoms with E-state index in [4.69, 9.17) is 24.8 Å². The topological polar surface area (TPSA) is 132 Å². The summed E-state index contributed by atoms with van der Waals surface area (Å²) in [6.07, 6.45) is -4.59. The molecule has 1 unspecified atom stereocenters. The number of esters is 1. The quantitative estimate of drug-likeness (QED) is 0.349. The lowest BCUT2D eigenvalue weighted by Gasteiger charge is -2.16. The van der Waals surface area contributed by atoms with Gasteiger partial charge < -0.3 is 20.0 Å². The number of hydrogen-bond donors (Lipinski definition) is 3. The number of ether oxygens (including phenoxy) is 1. The molecule has 8 nitrogen and oxygen atoms in total. The minimum atomic E-state index is -5.08. The number of rotatable bonds is 5. The monoisotopic (exact) mass is 510 g/mol. The van der Waals surface area contributed by atoms with Crippen molar-refractivity contribution in [2.75, 3.05) is 6.61 Å². The Bertz CT molecular complexity index is 1260. The van der Waals surface area contributed by atoms with E-state index in [1.54, 1.807) is 25.1 Å². The normalized spacial score (nSPS) is 19.4. The first-order valence-corrected chi connectivity index (χ1v) is 10.7. The smallest absolute Gasteiger partial charge is 0.475 e. The van der Waals surface area contributed by atoms with Crippen LogP contribution in [-0.2, 0) is 14.3 Å². The maximum Gasteiger partial charge on any atom is 0.490 e. The van der Waals surface area contributed by atoms with E-state index in [0.717, 1.165) is 10.9 Å². The van der Waals surface area contributed by atoms with Gasteiger partial charge in [-0.3, -0.25) is 10.1 Å². The van der Waals surface area contributed by atoms with Crippen LogP contribution in [0.5, 0.6) is 0 Å². The van der Waals surface area contributed by atoms with Crippen LogP contribution in [0.15, 0.2) is 52.9 Å². The molecular weight excluding hydrogens is 488 g/mol. The highest BCUT2D eigenvalue weighted by Crippen LogP contribution is 2.42. The van der Waals surface area contributed by atoms with Gasteiger partial charge in [-0.25, -0.2) is 14.0 Å². The zero-order chi connectivity index (χ0) is 26.6. The molecule has 12 heteroatoms. The molecule has 1 aliphatic rings. The summed E-state index contributed by atoms with van der Waals surface area (Å²) in [5.74, 6) is -4.31. The number of nitrogens with two attached hydrogens (primary N) is 1. The van der Waals surface area contributed by atoms with Crippen molar-refractivity contribution in [1.29, 1.82) is 0 Å². The van der Waals surface area contributed by atoms with Gasteiger partial charge in [0.15, 0.2) is 0 Å². The van der Waals surface area contributed by atoms with Crippen LogP contribution in [0.3, 0.4) is 0 Å². The largest absolute Gasteiger partial charge is 0.490 e. The molecular formula is C24H22F4N2O6. The van der Waals surface area contributed by atoms with Crippen molar-refractivity contribution in [2.24, 2.45) is 5.73 Å². The average Bonchev–Trinajstić information content (AvgIpc) is 3.41. The lowest BCUT2D eigenvalue weighted by Crippen LogP contribution is -2.40. The Morgan fingerprint density at radius 3 is 2.31 bits per heavy atom. The molecule has 1 fully saturated rings. The first-order valence-electron chi connectivity index (χ1n) is 10.7. The highest BCUT2D eigenvalue weighted by atomic mass is 19.4. The molecule has 2 aromatic carbocycles. The van der Waals surface area contributed by atoms with E-state index in [2.05, 4.69) is 5.32 Å². The van der Waals surface area contributed by atoms with E-state index in [0.29, 0.717) is 17.6 Å². The predicted octanol–water partition coefficient (Wildman–Crippen LogP) is 4.05. The maximum absolute atomic E-state index is 13.3. The molecule has 0 spiro atoms. The lowest BCUT2D eigenvalue weighted by atomic mass is 9.88. The second-order valence-corrected chi connectivity index (χ2v) is 7.86.